The summed E-state index contributed by atoms with van der Waals surface area (Å²) in [7, 11) is -3.76. The number of hydrogen-bond acceptors (Lipinski definition) is 3. The average Bonchev–Trinajstić information content (AvgIpc) is 2.78. The van der Waals surface area contributed by atoms with Crippen molar-refractivity contribution in [2.45, 2.75) is 82.7 Å². The Balaban J connectivity index is 1.75. The highest BCUT2D eigenvalue weighted by atomic mass is 32.2. The second-order valence-corrected chi connectivity index (χ2v) is 12.2. The molecule has 0 radical (unpaired) electrons. The number of aromatic nitrogens is 1. The summed E-state index contributed by atoms with van der Waals surface area (Å²) < 4.78 is 29.3. The van der Waals surface area contributed by atoms with Crippen LogP contribution in [0.15, 0.2) is 58.2 Å². The average molecular weight is 467 g/mol. The maximum Gasteiger partial charge on any atom is 0.252 e. The quantitative estimate of drug-likeness (QED) is 0.528. The van der Waals surface area contributed by atoms with Gasteiger partial charge in [-0.05, 0) is 66.5 Å². The van der Waals surface area contributed by atoms with Crippen LogP contribution in [0.5, 0.6) is 0 Å². The van der Waals surface area contributed by atoms with Crippen molar-refractivity contribution in [3.63, 3.8) is 0 Å². The zero-order chi connectivity index (χ0) is 23.8. The molecule has 1 fully saturated rings. The molecule has 1 aliphatic rings. The topological polar surface area (TPSA) is 70.2 Å². The summed E-state index contributed by atoms with van der Waals surface area (Å²) >= 11 is 0. The van der Waals surface area contributed by atoms with Crippen molar-refractivity contribution in [2.24, 2.45) is 0 Å². The van der Waals surface area contributed by atoms with Gasteiger partial charge in [0.1, 0.15) is 0 Å². The van der Waals surface area contributed by atoms with E-state index in [2.05, 4.69) is 25.8 Å². The van der Waals surface area contributed by atoms with Crippen molar-refractivity contribution < 1.29 is 8.42 Å². The highest BCUT2D eigenvalue weighted by molar-refractivity contribution is 7.89. The van der Waals surface area contributed by atoms with E-state index in [-0.39, 0.29) is 28.5 Å². The second-order valence-electron chi connectivity index (χ2n) is 10.3. The zero-order valence-corrected chi connectivity index (χ0v) is 20.8. The van der Waals surface area contributed by atoms with E-state index in [1.165, 1.54) is 0 Å². The fraction of sp³-hybridized carbons (Fsp3) is 0.444. The van der Waals surface area contributed by atoms with Gasteiger partial charge in [-0.15, -0.1) is 0 Å². The minimum atomic E-state index is -3.76. The Kier molecular flexibility index (Phi) is 6.52. The van der Waals surface area contributed by atoms with Crippen molar-refractivity contribution in [1.82, 2.24) is 9.29 Å². The minimum Gasteiger partial charge on any atom is -0.322 e. The predicted octanol–water partition coefficient (Wildman–Crippen LogP) is 5.66. The van der Waals surface area contributed by atoms with Gasteiger partial charge in [0.15, 0.2) is 0 Å². The van der Waals surface area contributed by atoms with Crippen LogP contribution in [0.25, 0.3) is 10.9 Å². The van der Waals surface area contributed by atoms with Gasteiger partial charge in [-0.25, -0.2) is 8.42 Å². The summed E-state index contributed by atoms with van der Waals surface area (Å²) in [5.74, 6) is 0. The monoisotopic (exact) mass is 466 g/mol. The van der Waals surface area contributed by atoms with E-state index in [0.29, 0.717) is 5.56 Å². The van der Waals surface area contributed by atoms with E-state index in [1.807, 2.05) is 43.3 Å². The molecule has 2 aromatic carbocycles. The lowest BCUT2D eigenvalue weighted by Crippen LogP contribution is -2.42. The minimum absolute atomic E-state index is 0.0537. The highest BCUT2D eigenvalue weighted by Gasteiger charge is 2.33. The number of H-pyrrole nitrogens is 1. The maximum absolute atomic E-state index is 13.8. The summed E-state index contributed by atoms with van der Waals surface area (Å²) in [6.45, 7) is 8.41. The Labute approximate surface area is 196 Å². The number of aromatic amines is 1. The third kappa shape index (κ3) is 5.07. The van der Waals surface area contributed by atoms with Crippen LogP contribution in [0.2, 0.25) is 0 Å². The molecule has 1 saturated carbocycles. The van der Waals surface area contributed by atoms with E-state index < -0.39 is 10.0 Å². The Bertz CT molecular complexity index is 1300. The van der Waals surface area contributed by atoms with Gasteiger partial charge in [-0.1, -0.05) is 63.8 Å². The standard InChI is InChI=1S/C27H34N2O3S/c1-19-10-15-25-20(16-19)17-21(26(30)28-25)18-29(23-8-6-5-7-9-23)33(31,32)24-13-11-22(12-14-24)27(2,3)4/h10-17,23H,5-9,18H2,1-4H3,(H,28,30). The molecule has 6 heteroatoms. The lowest BCUT2D eigenvalue weighted by Gasteiger charge is -2.33. The van der Waals surface area contributed by atoms with Crippen LogP contribution in [-0.2, 0) is 22.0 Å². The first-order valence-electron chi connectivity index (χ1n) is 11.8. The summed E-state index contributed by atoms with van der Waals surface area (Å²) in [6, 6.07) is 14.8. The SMILES string of the molecule is Cc1ccc2[nH]c(=O)c(CN(C3CCCCC3)S(=O)(=O)c3ccc(C(C)(C)C)cc3)cc2c1. The first-order chi connectivity index (χ1) is 15.6. The fourth-order valence-electron chi connectivity index (χ4n) is 4.70. The van der Waals surface area contributed by atoms with Crippen LogP contribution in [-0.4, -0.2) is 23.7 Å². The molecule has 1 aliphatic carbocycles. The first-order valence-corrected chi connectivity index (χ1v) is 13.2. The number of fused-ring (bicyclic) bond motifs is 1. The van der Waals surface area contributed by atoms with E-state index >= 15 is 0 Å². The van der Waals surface area contributed by atoms with Crippen LogP contribution in [0.1, 0.15) is 69.6 Å². The molecule has 5 nitrogen and oxygen atoms in total. The van der Waals surface area contributed by atoms with Gasteiger partial charge in [-0.2, -0.15) is 4.31 Å². The molecule has 3 aromatic rings. The third-order valence-corrected chi connectivity index (χ3v) is 8.62. The van der Waals surface area contributed by atoms with Gasteiger partial charge < -0.3 is 4.98 Å². The molecule has 1 N–H and O–H groups in total. The predicted molar refractivity (Wildman–Crippen MR) is 134 cm³/mol. The van der Waals surface area contributed by atoms with Crippen molar-refractivity contribution in [1.29, 1.82) is 0 Å². The van der Waals surface area contributed by atoms with Gasteiger partial charge in [0, 0.05) is 23.7 Å². The smallest absolute Gasteiger partial charge is 0.252 e. The normalized spacial score (nSPS) is 15.9. The largest absolute Gasteiger partial charge is 0.322 e. The molecule has 0 aliphatic heterocycles. The van der Waals surface area contributed by atoms with Crippen LogP contribution in [0.3, 0.4) is 0 Å². The van der Waals surface area contributed by atoms with Gasteiger partial charge in [0.25, 0.3) is 5.56 Å². The Hall–Kier alpha value is -2.44. The second kappa shape index (κ2) is 9.07. The van der Waals surface area contributed by atoms with Crippen molar-refractivity contribution in [3.05, 3.63) is 75.6 Å². The molecule has 4 rings (SSSR count). The number of hydrogen-bond donors (Lipinski definition) is 1. The molecule has 0 saturated heterocycles. The maximum atomic E-state index is 13.8. The van der Waals surface area contributed by atoms with E-state index in [1.54, 1.807) is 16.4 Å². The van der Waals surface area contributed by atoms with Crippen LogP contribution < -0.4 is 5.56 Å². The molecule has 0 spiro atoms. The molecule has 1 aromatic heterocycles. The van der Waals surface area contributed by atoms with Gasteiger partial charge in [0.2, 0.25) is 10.0 Å². The Morgan fingerprint density at radius 3 is 2.27 bits per heavy atom. The first kappa shape index (κ1) is 23.7. The molecular weight excluding hydrogens is 432 g/mol. The van der Waals surface area contributed by atoms with Gasteiger partial charge in [-0.3, -0.25) is 4.79 Å². The van der Waals surface area contributed by atoms with Crippen LogP contribution >= 0.6 is 0 Å². The molecule has 33 heavy (non-hydrogen) atoms. The number of rotatable bonds is 5. The Morgan fingerprint density at radius 1 is 0.970 bits per heavy atom. The lowest BCUT2D eigenvalue weighted by molar-refractivity contribution is 0.247. The number of pyridine rings is 1. The van der Waals surface area contributed by atoms with Gasteiger partial charge in [0.05, 0.1) is 4.90 Å². The fourth-order valence-corrected chi connectivity index (χ4v) is 6.36. The molecule has 0 unspecified atom stereocenters. The van der Waals surface area contributed by atoms with Crippen LogP contribution in [0.4, 0.5) is 0 Å². The number of nitrogens with zero attached hydrogens (tertiary/aromatic N) is 1. The Morgan fingerprint density at radius 2 is 1.64 bits per heavy atom. The highest BCUT2D eigenvalue weighted by Crippen LogP contribution is 2.31. The number of benzene rings is 2. The van der Waals surface area contributed by atoms with Gasteiger partial charge >= 0.3 is 0 Å². The number of nitrogens with one attached hydrogen (secondary N) is 1. The van der Waals surface area contributed by atoms with E-state index in [4.69, 9.17) is 0 Å². The molecule has 176 valence electrons. The van der Waals surface area contributed by atoms with Crippen molar-refractivity contribution >= 4 is 20.9 Å². The molecule has 0 bridgehead atoms. The zero-order valence-electron chi connectivity index (χ0n) is 20.0. The van der Waals surface area contributed by atoms with Crippen molar-refractivity contribution in [3.8, 4) is 0 Å². The van der Waals surface area contributed by atoms with Crippen LogP contribution in [0, 0.1) is 6.92 Å². The molecule has 0 atom stereocenters. The summed E-state index contributed by atoms with van der Waals surface area (Å²) in [5, 5.41) is 0.917. The molecule has 1 heterocycles. The lowest BCUT2D eigenvalue weighted by atomic mass is 9.87. The van der Waals surface area contributed by atoms with E-state index in [0.717, 1.165) is 54.1 Å². The molecule has 0 amide bonds. The van der Waals surface area contributed by atoms with E-state index in [9.17, 15) is 13.2 Å². The number of sulfonamides is 1. The number of aryl methyl sites for hydroxylation is 1. The summed E-state index contributed by atoms with van der Waals surface area (Å²) in [6.07, 6.45) is 4.79. The van der Waals surface area contributed by atoms with Crippen molar-refractivity contribution in [2.75, 3.05) is 0 Å². The summed E-state index contributed by atoms with van der Waals surface area (Å²) in [4.78, 5) is 16.1. The summed E-state index contributed by atoms with van der Waals surface area (Å²) in [5.41, 5.74) is 3.14. The third-order valence-electron chi connectivity index (χ3n) is 6.71. The molecular formula is C27H34N2O3S.